The summed E-state index contributed by atoms with van der Waals surface area (Å²) in [7, 11) is 0. The van der Waals surface area contributed by atoms with E-state index in [0.717, 1.165) is 65.0 Å². The first kappa shape index (κ1) is 31.2. The van der Waals surface area contributed by atoms with Crippen LogP contribution >= 0.6 is 11.6 Å². The molecule has 3 heteroatoms. The molecule has 198 valence electrons. The minimum atomic E-state index is -0.0820. The van der Waals surface area contributed by atoms with Gasteiger partial charge in [0.15, 0.2) is 0 Å². The quantitative estimate of drug-likeness (QED) is 0.126. The molecule has 1 fully saturated rings. The molecular weight excluding hydrogens is 428 g/mol. The van der Waals surface area contributed by atoms with E-state index in [9.17, 15) is 0 Å². The highest BCUT2D eigenvalue weighted by molar-refractivity contribution is 6.23. The van der Waals surface area contributed by atoms with Crippen molar-refractivity contribution in [3.8, 4) is 0 Å². The molecule has 0 spiro atoms. The van der Waals surface area contributed by atoms with Crippen molar-refractivity contribution in [2.24, 2.45) is 23.2 Å². The summed E-state index contributed by atoms with van der Waals surface area (Å²) in [6.45, 7) is 17.3. The molecular formula is C30H59ClO2. The van der Waals surface area contributed by atoms with Gasteiger partial charge < -0.3 is 9.47 Å². The molecule has 2 nitrogen and oxygen atoms in total. The lowest BCUT2D eigenvalue weighted by Crippen LogP contribution is -2.42. The third-order valence-electron chi connectivity index (χ3n) is 7.95. The number of hydrogen-bond acceptors (Lipinski definition) is 2. The fourth-order valence-electron chi connectivity index (χ4n) is 5.33. The van der Waals surface area contributed by atoms with Crippen molar-refractivity contribution in [1.82, 2.24) is 0 Å². The Kier molecular flexibility index (Phi) is 16.7. The van der Waals surface area contributed by atoms with Crippen LogP contribution in [-0.2, 0) is 9.47 Å². The van der Waals surface area contributed by atoms with Crippen LogP contribution in [0.4, 0.5) is 0 Å². The number of unbranched alkanes of at least 4 members (excludes halogenated alkanes) is 2. The molecule has 0 aromatic carbocycles. The van der Waals surface area contributed by atoms with Gasteiger partial charge in [-0.25, -0.2) is 0 Å². The molecule has 1 aliphatic carbocycles. The first-order valence-electron chi connectivity index (χ1n) is 14.6. The largest absolute Gasteiger partial charge is 0.381 e. The summed E-state index contributed by atoms with van der Waals surface area (Å²) in [5.74, 6) is 2.13. The van der Waals surface area contributed by atoms with Crippen molar-refractivity contribution in [3.05, 3.63) is 0 Å². The number of alkyl halides is 1. The maximum atomic E-state index is 7.46. The number of hydrogen-bond donors (Lipinski definition) is 0. The van der Waals surface area contributed by atoms with Crippen molar-refractivity contribution in [2.75, 3.05) is 26.4 Å². The lowest BCUT2D eigenvalue weighted by Gasteiger charge is -2.44. The maximum Gasteiger partial charge on any atom is 0.0547 e. The van der Waals surface area contributed by atoms with E-state index >= 15 is 0 Å². The highest BCUT2D eigenvalue weighted by atomic mass is 35.5. The van der Waals surface area contributed by atoms with E-state index < -0.39 is 0 Å². The average molecular weight is 487 g/mol. The number of rotatable bonds is 20. The van der Waals surface area contributed by atoms with Crippen molar-refractivity contribution < 1.29 is 9.47 Å². The zero-order valence-electron chi connectivity index (χ0n) is 23.4. The number of halogens is 1. The molecule has 0 saturated heterocycles. The Balaban J connectivity index is 3.03. The summed E-state index contributed by atoms with van der Waals surface area (Å²) in [6, 6.07) is 0. The van der Waals surface area contributed by atoms with E-state index in [-0.39, 0.29) is 10.3 Å². The van der Waals surface area contributed by atoms with Gasteiger partial charge in [0, 0.05) is 23.5 Å². The summed E-state index contributed by atoms with van der Waals surface area (Å²) in [6.07, 6.45) is 18.4. The van der Waals surface area contributed by atoms with E-state index in [1.807, 2.05) is 0 Å². The van der Waals surface area contributed by atoms with Gasteiger partial charge in [-0.15, -0.1) is 11.6 Å². The Morgan fingerprint density at radius 1 is 0.727 bits per heavy atom. The van der Waals surface area contributed by atoms with Crippen LogP contribution in [-0.4, -0.2) is 31.3 Å². The molecule has 1 rings (SSSR count). The molecule has 0 aromatic rings. The molecule has 0 aromatic heterocycles. The molecule has 0 aliphatic heterocycles. The second-order valence-electron chi connectivity index (χ2n) is 12.0. The molecule has 0 atom stereocenters. The van der Waals surface area contributed by atoms with Crippen LogP contribution < -0.4 is 0 Å². The van der Waals surface area contributed by atoms with E-state index in [0.29, 0.717) is 17.8 Å². The van der Waals surface area contributed by atoms with Gasteiger partial charge in [0.25, 0.3) is 0 Å². The molecule has 1 saturated carbocycles. The first-order chi connectivity index (χ1) is 15.8. The predicted molar refractivity (Wildman–Crippen MR) is 146 cm³/mol. The smallest absolute Gasteiger partial charge is 0.0547 e. The lowest BCUT2D eigenvalue weighted by atomic mass is 9.66. The molecule has 0 amide bonds. The van der Waals surface area contributed by atoms with E-state index in [1.165, 1.54) is 57.8 Å². The fraction of sp³-hybridized carbons (Fsp3) is 1.00. The van der Waals surface area contributed by atoms with Crippen LogP contribution in [0.25, 0.3) is 0 Å². The molecule has 0 radical (unpaired) electrons. The highest BCUT2D eigenvalue weighted by Crippen LogP contribution is 2.46. The minimum Gasteiger partial charge on any atom is -0.381 e. The summed E-state index contributed by atoms with van der Waals surface area (Å²) >= 11 is 7.46. The van der Waals surface area contributed by atoms with Crippen LogP contribution in [0.5, 0.6) is 0 Å². The third-order valence-corrected chi connectivity index (χ3v) is 8.51. The van der Waals surface area contributed by atoms with Crippen LogP contribution in [0.1, 0.15) is 138 Å². The molecule has 0 unspecified atom stereocenters. The number of ether oxygens (including phenoxy) is 2. The predicted octanol–water partition coefficient (Wildman–Crippen LogP) is 9.82. The normalized spacial score (nSPS) is 16.3. The Hall–Kier alpha value is 0.210. The first-order valence-corrected chi connectivity index (χ1v) is 15.0. The van der Waals surface area contributed by atoms with Gasteiger partial charge in [0.05, 0.1) is 13.2 Å². The van der Waals surface area contributed by atoms with Crippen molar-refractivity contribution in [1.29, 1.82) is 0 Å². The minimum absolute atomic E-state index is 0.0820. The van der Waals surface area contributed by atoms with Crippen LogP contribution in [0.2, 0.25) is 0 Å². The van der Waals surface area contributed by atoms with Gasteiger partial charge >= 0.3 is 0 Å². The van der Waals surface area contributed by atoms with Crippen LogP contribution in [0.3, 0.4) is 0 Å². The second kappa shape index (κ2) is 17.6. The van der Waals surface area contributed by atoms with E-state index in [4.69, 9.17) is 21.1 Å². The molecule has 0 N–H and O–H groups in total. The molecule has 0 heterocycles. The highest BCUT2D eigenvalue weighted by Gasteiger charge is 2.42. The standard InChI is InChI=1S/C30H59ClO2/c1-7-9-22-32-24-29(25-33-23-10-8-2,28-14-12-11-13-15-28)20-21-30(31,18-16-26(3)4)19-17-27(5)6/h26-28H,7-25H2,1-6H3. The van der Waals surface area contributed by atoms with E-state index in [2.05, 4.69) is 41.5 Å². The van der Waals surface area contributed by atoms with E-state index in [1.54, 1.807) is 0 Å². The fourth-order valence-corrected chi connectivity index (χ4v) is 5.64. The summed E-state index contributed by atoms with van der Waals surface area (Å²) in [4.78, 5) is -0.0820. The third kappa shape index (κ3) is 13.2. The topological polar surface area (TPSA) is 18.5 Å². The van der Waals surface area contributed by atoms with Crippen molar-refractivity contribution >= 4 is 11.6 Å². The van der Waals surface area contributed by atoms with Gasteiger partial charge in [0.2, 0.25) is 0 Å². The van der Waals surface area contributed by atoms with Gasteiger partial charge in [-0.05, 0) is 82.0 Å². The zero-order chi connectivity index (χ0) is 24.6. The van der Waals surface area contributed by atoms with Crippen LogP contribution in [0.15, 0.2) is 0 Å². The van der Waals surface area contributed by atoms with Gasteiger partial charge in [0.1, 0.15) is 0 Å². The second-order valence-corrected chi connectivity index (χ2v) is 12.8. The van der Waals surface area contributed by atoms with Gasteiger partial charge in [-0.1, -0.05) is 73.6 Å². The Bertz CT molecular complexity index is 432. The Labute approximate surface area is 213 Å². The molecule has 0 bridgehead atoms. The van der Waals surface area contributed by atoms with Crippen LogP contribution in [0, 0.1) is 23.2 Å². The van der Waals surface area contributed by atoms with Gasteiger partial charge in [-0.2, -0.15) is 0 Å². The Morgan fingerprint density at radius 3 is 1.64 bits per heavy atom. The van der Waals surface area contributed by atoms with Crippen molar-refractivity contribution in [2.45, 2.75) is 143 Å². The average Bonchev–Trinajstić information content (AvgIpc) is 2.80. The zero-order valence-corrected chi connectivity index (χ0v) is 24.1. The lowest BCUT2D eigenvalue weighted by molar-refractivity contribution is -0.0727. The maximum absolute atomic E-state index is 7.46. The Morgan fingerprint density at radius 2 is 1.21 bits per heavy atom. The summed E-state index contributed by atoms with van der Waals surface area (Å²) in [5.41, 5.74) is 0.123. The SMILES string of the molecule is CCCCOCC(CCC(Cl)(CCC(C)C)CCC(C)C)(COCCCC)C1CCCCC1. The molecule has 1 aliphatic rings. The summed E-state index contributed by atoms with van der Waals surface area (Å²) in [5, 5.41) is 0. The summed E-state index contributed by atoms with van der Waals surface area (Å²) < 4.78 is 12.8. The molecule has 33 heavy (non-hydrogen) atoms. The van der Waals surface area contributed by atoms with Crippen molar-refractivity contribution in [3.63, 3.8) is 0 Å². The van der Waals surface area contributed by atoms with Gasteiger partial charge in [-0.3, -0.25) is 0 Å². The monoisotopic (exact) mass is 486 g/mol.